The van der Waals surface area contributed by atoms with Crippen LogP contribution in [0.4, 0.5) is 0 Å². The summed E-state index contributed by atoms with van der Waals surface area (Å²) in [4.78, 5) is 2.32. The monoisotopic (exact) mass is 230 g/mol. The Bertz CT molecular complexity index is 190. The molecule has 1 N–H and O–H groups in total. The average molecular weight is 230 g/mol. The molecule has 0 amide bonds. The van der Waals surface area contributed by atoms with Gasteiger partial charge in [0, 0.05) is 26.2 Å². The minimum Gasteiger partial charge on any atom is -0.383 e. The largest absolute Gasteiger partial charge is 0.383 e. The van der Waals surface area contributed by atoms with Crippen LogP contribution >= 0.6 is 0 Å². The Morgan fingerprint density at radius 1 is 1.44 bits per heavy atom. The first-order chi connectivity index (χ1) is 7.67. The van der Waals surface area contributed by atoms with Crippen molar-refractivity contribution >= 4 is 0 Å². The van der Waals surface area contributed by atoms with E-state index >= 15 is 0 Å². The standard InChI is InChI=1S/C12H26N2O2/c1-10(9-15-4)14(3)8-12-6-5-11(16-12)7-13-2/h10-13H,5-9H2,1-4H3. The first kappa shape index (κ1) is 13.9. The van der Waals surface area contributed by atoms with Gasteiger partial charge in [0.1, 0.15) is 0 Å². The highest BCUT2D eigenvalue weighted by molar-refractivity contribution is 4.78. The van der Waals surface area contributed by atoms with Gasteiger partial charge in [-0.25, -0.2) is 0 Å². The Labute approximate surface area is 99.3 Å². The van der Waals surface area contributed by atoms with E-state index < -0.39 is 0 Å². The lowest BCUT2D eigenvalue weighted by atomic mass is 10.2. The Hall–Kier alpha value is -0.160. The molecule has 0 radical (unpaired) electrons. The van der Waals surface area contributed by atoms with Crippen LogP contribution in [0.25, 0.3) is 0 Å². The average Bonchev–Trinajstić information content (AvgIpc) is 2.66. The van der Waals surface area contributed by atoms with Gasteiger partial charge in [-0.05, 0) is 33.9 Å². The van der Waals surface area contributed by atoms with E-state index in [0.717, 1.165) is 19.7 Å². The summed E-state index contributed by atoms with van der Waals surface area (Å²) >= 11 is 0. The van der Waals surface area contributed by atoms with E-state index in [9.17, 15) is 0 Å². The predicted molar refractivity (Wildman–Crippen MR) is 65.8 cm³/mol. The molecule has 0 spiro atoms. The molecule has 0 aromatic heterocycles. The molecule has 1 rings (SSSR count). The van der Waals surface area contributed by atoms with Crippen LogP contribution in [-0.2, 0) is 9.47 Å². The quantitative estimate of drug-likeness (QED) is 0.699. The summed E-state index contributed by atoms with van der Waals surface area (Å²) in [7, 11) is 5.86. The van der Waals surface area contributed by atoms with Gasteiger partial charge >= 0.3 is 0 Å². The van der Waals surface area contributed by atoms with Crippen molar-refractivity contribution in [3.8, 4) is 0 Å². The number of likely N-dealkylation sites (N-methyl/N-ethyl adjacent to an activating group) is 2. The lowest BCUT2D eigenvalue weighted by molar-refractivity contribution is 0.0144. The zero-order valence-electron chi connectivity index (χ0n) is 11.0. The fraction of sp³-hybridized carbons (Fsp3) is 1.00. The van der Waals surface area contributed by atoms with E-state index in [1.54, 1.807) is 7.11 Å². The zero-order valence-corrected chi connectivity index (χ0v) is 11.0. The highest BCUT2D eigenvalue weighted by atomic mass is 16.5. The molecule has 0 aromatic rings. The summed E-state index contributed by atoms with van der Waals surface area (Å²) in [6, 6.07) is 0.456. The van der Waals surface area contributed by atoms with E-state index in [0.29, 0.717) is 18.2 Å². The van der Waals surface area contributed by atoms with E-state index in [1.807, 2.05) is 7.05 Å². The maximum Gasteiger partial charge on any atom is 0.0707 e. The number of nitrogens with one attached hydrogen (secondary N) is 1. The maximum atomic E-state index is 5.96. The van der Waals surface area contributed by atoms with Crippen molar-refractivity contribution in [2.24, 2.45) is 0 Å². The summed E-state index contributed by atoms with van der Waals surface area (Å²) < 4.78 is 11.1. The Kier molecular flexibility index (Phi) is 6.28. The van der Waals surface area contributed by atoms with Crippen molar-refractivity contribution in [1.29, 1.82) is 0 Å². The minimum absolute atomic E-state index is 0.391. The lowest BCUT2D eigenvalue weighted by Crippen LogP contribution is -2.38. The molecule has 0 aliphatic carbocycles. The molecular formula is C12H26N2O2. The SMILES string of the molecule is CNCC1CCC(CN(C)C(C)COC)O1. The van der Waals surface area contributed by atoms with Gasteiger partial charge in [0.2, 0.25) is 0 Å². The van der Waals surface area contributed by atoms with Crippen LogP contribution in [0.3, 0.4) is 0 Å². The topological polar surface area (TPSA) is 33.7 Å². The molecule has 1 heterocycles. The highest BCUT2D eigenvalue weighted by Crippen LogP contribution is 2.20. The maximum absolute atomic E-state index is 5.96. The molecule has 0 bridgehead atoms. The van der Waals surface area contributed by atoms with Crippen molar-refractivity contribution in [3.05, 3.63) is 0 Å². The van der Waals surface area contributed by atoms with Gasteiger partial charge < -0.3 is 14.8 Å². The molecule has 3 atom stereocenters. The van der Waals surface area contributed by atoms with Gasteiger partial charge in [0.25, 0.3) is 0 Å². The first-order valence-electron chi connectivity index (χ1n) is 6.16. The number of nitrogens with zero attached hydrogens (tertiary/aromatic N) is 1. The summed E-state index contributed by atoms with van der Waals surface area (Å²) in [6.07, 6.45) is 3.15. The normalized spacial score (nSPS) is 27.6. The van der Waals surface area contributed by atoms with E-state index in [4.69, 9.17) is 9.47 Å². The first-order valence-corrected chi connectivity index (χ1v) is 6.16. The summed E-state index contributed by atoms with van der Waals surface area (Å²) in [5.41, 5.74) is 0. The van der Waals surface area contributed by atoms with Crippen LogP contribution in [0, 0.1) is 0 Å². The lowest BCUT2D eigenvalue weighted by Gasteiger charge is -2.26. The highest BCUT2D eigenvalue weighted by Gasteiger charge is 2.26. The third kappa shape index (κ3) is 4.37. The Morgan fingerprint density at radius 2 is 2.12 bits per heavy atom. The van der Waals surface area contributed by atoms with Crippen molar-refractivity contribution in [2.75, 3.05) is 40.9 Å². The van der Waals surface area contributed by atoms with E-state index in [1.165, 1.54) is 12.8 Å². The zero-order chi connectivity index (χ0) is 12.0. The molecule has 1 aliphatic rings. The van der Waals surface area contributed by atoms with Gasteiger partial charge in [-0.3, -0.25) is 4.90 Å². The number of methoxy groups -OCH3 is 1. The molecule has 0 saturated carbocycles. The fourth-order valence-corrected chi connectivity index (χ4v) is 2.16. The van der Waals surface area contributed by atoms with Gasteiger partial charge in [-0.2, -0.15) is 0 Å². The van der Waals surface area contributed by atoms with Gasteiger partial charge in [-0.15, -0.1) is 0 Å². The third-order valence-corrected chi connectivity index (χ3v) is 3.28. The second-order valence-electron chi connectivity index (χ2n) is 4.76. The van der Waals surface area contributed by atoms with Crippen molar-refractivity contribution in [1.82, 2.24) is 10.2 Å². The van der Waals surface area contributed by atoms with Crippen molar-refractivity contribution < 1.29 is 9.47 Å². The fourth-order valence-electron chi connectivity index (χ4n) is 2.16. The van der Waals surface area contributed by atoms with E-state index in [-0.39, 0.29) is 0 Å². The summed E-state index contributed by atoms with van der Waals surface area (Å²) in [5, 5.41) is 3.17. The molecule has 1 fully saturated rings. The van der Waals surface area contributed by atoms with Gasteiger partial charge in [0.15, 0.2) is 0 Å². The minimum atomic E-state index is 0.391. The van der Waals surface area contributed by atoms with Gasteiger partial charge in [-0.1, -0.05) is 0 Å². The van der Waals surface area contributed by atoms with Crippen LogP contribution in [0.15, 0.2) is 0 Å². The van der Waals surface area contributed by atoms with Crippen molar-refractivity contribution in [2.45, 2.75) is 38.0 Å². The molecule has 1 saturated heterocycles. The van der Waals surface area contributed by atoms with E-state index in [2.05, 4.69) is 24.2 Å². The van der Waals surface area contributed by atoms with Gasteiger partial charge in [0.05, 0.1) is 18.8 Å². The van der Waals surface area contributed by atoms with Crippen LogP contribution in [-0.4, -0.2) is 64.1 Å². The molecular weight excluding hydrogens is 204 g/mol. The second kappa shape index (κ2) is 7.22. The molecule has 0 aromatic carbocycles. The second-order valence-corrected chi connectivity index (χ2v) is 4.76. The molecule has 16 heavy (non-hydrogen) atoms. The number of ether oxygens (including phenoxy) is 2. The van der Waals surface area contributed by atoms with Crippen molar-refractivity contribution in [3.63, 3.8) is 0 Å². The molecule has 3 unspecified atom stereocenters. The number of hydrogen-bond acceptors (Lipinski definition) is 4. The summed E-state index contributed by atoms with van der Waals surface area (Å²) in [6.45, 7) is 4.94. The Morgan fingerprint density at radius 3 is 2.75 bits per heavy atom. The van der Waals surface area contributed by atoms with Crippen LogP contribution in [0.1, 0.15) is 19.8 Å². The molecule has 4 nitrogen and oxygen atoms in total. The van der Waals surface area contributed by atoms with Crippen LogP contribution in [0.2, 0.25) is 0 Å². The molecule has 1 aliphatic heterocycles. The smallest absolute Gasteiger partial charge is 0.0707 e. The number of hydrogen-bond donors (Lipinski definition) is 1. The summed E-state index contributed by atoms with van der Waals surface area (Å²) in [5.74, 6) is 0. The molecule has 4 heteroatoms. The predicted octanol–water partition coefficient (Wildman–Crippen LogP) is 0.720. The third-order valence-electron chi connectivity index (χ3n) is 3.28. The molecule has 96 valence electrons. The number of rotatable bonds is 7. The van der Waals surface area contributed by atoms with Crippen LogP contribution < -0.4 is 5.32 Å². The van der Waals surface area contributed by atoms with Crippen LogP contribution in [0.5, 0.6) is 0 Å². The Balaban J connectivity index is 2.22.